The largest absolute Gasteiger partial charge is 0.366 e. The van der Waals surface area contributed by atoms with Gasteiger partial charge in [-0.2, -0.15) is 15.2 Å². The summed E-state index contributed by atoms with van der Waals surface area (Å²) < 4.78 is 0. The van der Waals surface area contributed by atoms with Crippen molar-refractivity contribution in [2.45, 2.75) is 0 Å². The highest BCUT2D eigenvalue weighted by Gasteiger charge is 2.35. The number of nitrogens with zero attached hydrogens (tertiary/aromatic N) is 5. The minimum absolute atomic E-state index is 0.166. The normalized spacial score (nSPS) is 14.5. The Morgan fingerprint density at radius 3 is 2.52 bits per heavy atom. The number of hydrogen-bond acceptors (Lipinski definition) is 9. The van der Waals surface area contributed by atoms with E-state index in [-0.39, 0.29) is 5.71 Å². The van der Waals surface area contributed by atoms with E-state index in [1.807, 2.05) is 41.1 Å². The Balaban J connectivity index is 1.48. The standard InChI is InChI=1S/C22H15N7O2S2/c23-19(30)15-8-6-13(7-9-15)16-12-33-22(25-16)29-20(31)18(26-27-21-24-10-11-32-21)17(28-29)14-4-2-1-3-5-14/h1-12H,(H2,23,30)(H,24,27). The molecule has 0 saturated carbocycles. The molecule has 0 unspecified atom stereocenters. The first kappa shape index (κ1) is 20.7. The number of carbonyl (C=O) groups excluding carboxylic acids is 2. The highest BCUT2D eigenvalue weighted by molar-refractivity contribution is 7.14. The third kappa shape index (κ3) is 4.14. The van der Waals surface area contributed by atoms with Crippen molar-refractivity contribution in [3.63, 3.8) is 0 Å². The van der Waals surface area contributed by atoms with Crippen molar-refractivity contribution < 1.29 is 9.59 Å². The molecule has 11 heteroatoms. The number of nitrogens with one attached hydrogen (secondary N) is 1. The van der Waals surface area contributed by atoms with Crippen LogP contribution in [0.3, 0.4) is 0 Å². The van der Waals surface area contributed by atoms with Gasteiger partial charge in [0.1, 0.15) is 5.71 Å². The number of benzene rings is 2. The zero-order chi connectivity index (χ0) is 22.8. The van der Waals surface area contributed by atoms with E-state index in [1.165, 1.54) is 27.7 Å². The molecule has 3 heterocycles. The lowest BCUT2D eigenvalue weighted by atomic mass is 10.1. The number of hydrogen-bond donors (Lipinski definition) is 2. The van der Waals surface area contributed by atoms with E-state index in [0.29, 0.717) is 27.2 Å². The van der Waals surface area contributed by atoms with Crippen molar-refractivity contribution in [2.75, 3.05) is 10.4 Å². The second-order valence-electron chi connectivity index (χ2n) is 6.80. The summed E-state index contributed by atoms with van der Waals surface area (Å²) in [6, 6.07) is 16.1. The van der Waals surface area contributed by atoms with Gasteiger partial charge in [0, 0.05) is 33.6 Å². The zero-order valence-electron chi connectivity index (χ0n) is 16.9. The van der Waals surface area contributed by atoms with E-state index in [2.05, 4.69) is 25.6 Å². The molecule has 33 heavy (non-hydrogen) atoms. The molecule has 2 amide bonds. The topological polar surface area (TPSA) is 126 Å². The summed E-state index contributed by atoms with van der Waals surface area (Å²) >= 11 is 2.65. The predicted octanol–water partition coefficient (Wildman–Crippen LogP) is 3.58. The summed E-state index contributed by atoms with van der Waals surface area (Å²) in [6.07, 6.45) is 1.65. The predicted molar refractivity (Wildman–Crippen MR) is 130 cm³/mol. The Morgan fingerprint density at radius 2 is 1.82 bits per heavy atom. The third-order valence-electron chi connectivity index (χ3n) is 4.70. The molecule has 1 aliphatic rings. The van der Waals surface area contributed by atoms with E-state index in [1.54, 1.807) is 30.5 Å². The van der Waals surface area contributed by atoms with Crippen LogP contribution in [-0.2, 0) is 4.79 Å². The molecule has 0 bridgehead atoms. The van der Waals surface area contributed by atoms with E-state index in [0.717, 1.165) is 11.1 Å². The van der Waals surface area contributed by atoms with Gasteiger partial charge in [0.25, 0.3) is 0 Å². The maximum atomic E-state index is 13.3. The van der Waals surface area contributed by atoms with Crippen molar-refractivity contribution in [1.82, 2.24) is 9.97 Å². The molecule has 5 rings (SSSR count). The van der Waals surface area contributed by atoms with E-state index >= 15 is 0 Å². The Morgan fingerprint density at radius 1 is 1.03 bits per heavy atom. The van der Waals surface area contributed by atoms with Gasteiger partial charge in [-0.1, -0.05) is 42.5 Å². The second kappa shape index (κ2) is 8.73. The number of anilines is 2. The van der Waals surface area contributed by atoms with Crippen LogP contribution in [0.15, 0.2) is 81.8 Å². The summed E-state index contributed by atoms with van der Waals surface area (Å²) in [6.45, 7) is 0. The minimum Gasteiger partial charge on any atom is -0.366 e. The lowest BCUT2D eigenvalue weighted by Crippen LogP contribution is -2.28. The van der Waals surface area contributed by atoms with Crippen molar-refractivity contribution in [2.24, 2.45) is 15.9 Å². The van der Waals surface area contributed by atoms with Crippen LogP contribution in [0.25, 0.3) is 11.3 Å². The van der Waals surface area contributed by atoms with Crippen LogP contribution >= 0.6 is 22.7 Å². The van der Waals surface area contributed by atoms with Crippen LogP contribution in [0.5, 0.6) is 0 Å². The number of primary amides is 1. The van der Waals surface area contributed by atoms with Gasteiger partial charge in [-0.3, -0.25) is 15.0 Å². The van der Waals surface area contributed by atoms with Crippen LogP contribution in [0.1, 0.15) is 15.9 Å². The summed E-state index contributed by atoms with van der Waals surface area (Å²) in [4.78, 5) is 33.3. The molecule has 0 radical (unpaired) electrons. The maximum Gasteiger partial charge on any atom is 0.303 e. The fourth-order valence-corrected chi connectivity index (χ4v) is 4.35. The SMILES string of the molecule is NC(=O)c1ccc(-c2csc(N3N=C(c4ccccc4)C(=NNc4nccs4)C3=O)n2)cc1. The van der Waals surface area contributed by atoms with Crippen LogP contribution in [0.4, 0.5) is 10.3 Å². The number of carbonyl (C=O) groups is 2. The number of amides is 2. The van der Waals surface area contributed by atoms with Crippen LogP contribution in [-0.4, -0.2) is 33.2 Å². The molecule has 0 atom stereocenters. The van der Waals surface area contributed by atoms with Gasteiger partial charge in [0.15, 0.2) is 5.71 Å². The monoisotopic (exact) mass is 473 g/mol. The Labute approximate surface area is 195 Å². The quantitative estimate of drug-likeness (QED) is 0.414. The smallest absolute Gasteiger partial charge is 0.303 e. The number of hydrazone groups is 2. The Bertz CT molecular complexity index is 1380. The average molecular weight is 474 g/mol. The Kier molecular flexibility index (Phi) is 5.47. The molecule has 3 N–H and O–H groups in total. The van der Waals surface area contributed by atoms with Gasteiger partial charge in [-0.15, -0.1) is 22.7 Å². The van der Waals surface area contributed by atoms with E-state index < -0.39 is 11.8 Å². The van der Waals surface area contributed by atoms with Crippen LogP contribution < -0.4 is 16.2 Å². The number of aromatic nitrogens is 2. The number of thiazole rings is 2. The molecular weight excluding hydrogens is 458 g/mol. The van der Waals surface area contributed by atoms with E-state index in [9.17, 15) is 9.59 Å². The summed E-state index contributed by atoms with van der Waals surface area (Å²) in [5.74, 6) is -0.896. The molecule has 2 aromatic heterocycles. The van der Waals surface area contributed by atoms with Gasteiger partial charge in [0.05, 0.1) is 5.69 Å². The molecular formula is C22H15N7O2S2. The van der Waals surface area contributed by atoms with Crippen molar-refractivity contribution >= 4 is 56.2 Å². The number of rotatable bonds is 6. The molecule has 0 fully saturated rings. The molecule has 4 aromatic rings. The first-order valence-electron chi connectivity index (χ1n) is 9.68. The number of nitrogens with two attached hydrogens (primary N) is 1. The molecule has 9 nitrogen and oxygen atoms in total. The molecule has 1 aliphatic heterocycles. The zero-order valence-corrected chi connectivity index (χ0v) is 18.5. The first-order chi connectivity index (χ1) is 16.1. The maximum absolute atomic E-state index is 13.3. The van der Waals surface area contributed by atoms with E-state index in [4.69, 9.17) is 5.73 Å². The molecule has 0 spiro atoms. The summed E-state index contributed by atoms with van der Waals surface area (Å²) in [5, 5.41) is 14.7. The fourth-order valence-electron chi connectivity index (χ4n) is 3.10. The highest BCUT2D eigenvalue weighted by Crippen LogP contribution is 2.30. The van der Waals surface area contributed by atoms with Gasteiger partial charge in [0.2, 0.25) is 16.2 Å². The lowest BCUT2D eigenvalue weighted by Gasteiger charge is -2.06. The molecule has 162 valence electrons. The van der Waals surface area contributed by atoms with Crippen LogP contribution in [0, 0.1) is 0 Å². The summed E-state index contributed by atoms with van der Waals surface area (Å²) in [5.41, 5.74) is 11.3. The Hall–Kier alpha value is -4.22. The highest BCUT2D eigenvalue weighted by atomic mass is 32.1. The van der Waals surface area contributed by atoms with Crippen molar-refractivity contribution in [3.05, 3.63) is 82.7 Å². The molecule has 0 aliphatic carbocycles. The fraction of sp³-hybridized carbons (Fsp3) is 0. The van der Waals surface area contributed by atoms with Gasteiger partial charge in [-0.05, 0) is 12.1 Å². The van der Waals surface area contributed by atoms with Gasteiger partial charge in [-0.25, -0.2) is 9.97 Å². The van der Waals surface area contributed by atoms with Crippen molar-refractivity contribution in [3.8, 4) is 11.3 Å². The second-order valence-corrected chi connectivity index (χ2v) is 8.53. The lowest BCUT2D eigenvalue weighted by molar-refractivity contribution is -0.112. The van der Waals surface area contributed by atoms with Crippen molar-refractivity contribution in [1.29, 1.82) is 0 Å². The van der Waals surface area contributed by atoms with Gasteiger partial charge < -0.3 is 5.73 Å². The van der Waals surface area contributed by atoms with Gasteiger partial charge >= 0.3 is 5.91 Å². The average Bonchev–Trinajstić information content (AvgIpc) is 3.59. The minimum atomic E-state index is -0.496. The van der Waals surface area contributed by atoms with Crippen LogP contribution in [0.2, 0.25) is 0 Å². The first-order valence-corrected chi connectivity index (χ1v) is 11.4. The molecule has 2 aromatic carbocycles. The third-order valence-corrected chi connectivity index (χ3v) is 6.19. The summed E-state index contributed by atoms with van der Waals surface area (Å²) in [7, 11) is 0. The molecule has 0 saturated heterocycles.